The van der Waals surface area contributed by atoms with Gasteiger partial charge in [-0.05, 0) is 56.1 Å². The van der Waals surface area contributed by atoms with Crippen molar-refractivity contribution in [3.63, 3.8) is 0 Å². The van der Waals surface area contributed by atoms with Crippen LogP contribution < -0.4 is 5.32 Å². The Labute approximate surface area is 121 Å². The number of nitrogens with zero attached hydrogens (tertiary/aromatic N) is 1. The van der Waals surface area contributed by atoms with Crippen LogP contribution in [-0.4, -0.2) is 0 Å². The molecule has 2 nitrogen and oxygen atoms in total. The summed E-state index contributed by atoms with van der Waals surface area (Å²) in [6, 6.07) is 13.6. The fourth-order valence-electron chi connectivity index (χ4n) is 1.38. The summed E-state index contributed by atoms with van der Waals surface area (Å²) in [4.78, 5) is 0.995. The zero-order valence-electron chi connectivity index (χ0n) is 8.65. The monoisotopic (exact) mass is 370 g/mol. The van der Waals surface area contributed by atoms with E-state index in [9.17, 15) is 5.26 Å². The van der Waals surface area contributed by atoms with E-state index in [2.05, 4.69) is 43.2 Å². The predicted octanol–water partition coefficient (Wildman–Crippen LogP) is 4.95. The molecule has 1 N–H and O–H groups in total. The fourth-order valence-corrected chi connectivity index (χ4v) is 3.20. The van der Waals surface area contributed by atoms with E-state index in [1.807, 2.05) is 36.4 Å². The number of thiophene rings is 1. The minimum atomic E-state index is -0.329. The smallest absolute Gasteiger partial charge is 0.149 e. The van der Waals surface area contributed by atoms with Gasteiger partial charge in [0, 0.05) is 15.0 Å². The van der Waals surface area contributed by atoms with Gasteiger partial charge in [0.2, 0.25) is 0 Å². The maximum absolute atomic E-state index is 9.20. The lowest BCUT2D eigenvalue weighted by molar-refractivity contribution is 1.03. The fraction of sp³-hybridized carbons (Fsp3) is 0.0833. The van der Waals surface area contributed by atoms with Crippen molar-refractivity contribution in [1.29, 1.82) is 5.26 Å². The van der Waals surface area contributed by atoms with Gasteiger partial charge in [-0.3, -0.25) is 0 Å². The number of para-hydroxylation sites is 1. The van der Waals surface area contributed by atoms with Crippen molar-refractivity contribution in [3.05, 3.63) is 49.5 Å². The van der Waals surface area contributed by atoms with Crippen LogP contribution in [0.15, 0.2) is 44.7 Å². The Morgan fingerprint density at radius 3 is 2.53 bits per heavy atom. The van der Waals surface area contributed by atoms with Gasteiger partial charge in [-0.1, -0.05) is 12.1 Å². The molecular formula is C12H8Br2N2S. The van der Waals surface area contributed by atoms with Gasteiger partial charge in [-0.15, -0.1) is 11.3 Å². The molecule has 0 amide bonds. The normalized spacial score (nSPS) is 11.8. The number of benzene rings is 1. The van der Waals surface area contributed by atoms with Crippen molar-refractivity contribution < 1.29 is 0 Å². The molecule has 0 fully saturated rings. The first-order chi connectivity index (χ1) is 8.20. The number of hydrogen-bond acceptors (Lipinski definition) is 3. The second kappa shape index (κ2) is 5.67. The summed E-state index contributed by atoms with van der Waals surface area (Å²) in [6.45, 7) is 0. The van der Waals surface area contributed by atoms with E-state index >= 15 is 0 Å². The topological polar surface area (TPSA) is 35.8 Å². The van der Waals surface area contributed by atoms with Crippen molar-refractivity contribution in [2.75, 3.05) is 5.32 Å². The number of anilines is 1. The minimum Gasteiger partial charge on any atom is -0.365 e. The van der Waals surface area contributed by atoms with Crippen LogP contribution in [0.5, 0.6) is 0 Å². The second-order valence-electron chi connectivity index (χ2n) is 3.33. The molecule has 1 atom stereocenters. The highest BCUT2D eigenvalue weighted by Crippen LogP contribution is 2.31. The molecule has 86 valence electrons. The summed E-state index contributed by atoms with van der Waals surface area (Å²) in [5.41, 5.74) is 0.920. The van der Waals surface area contributed by atoms with Gasteiger partial charge >= 0.3 is 0 Å². The highest BCUT2D eigenvalue weighted by atomic mass is 79.9. The first-order valence-corrected chi connectivity index (χ1v) is 7.27. The molecule has 0 aliphatic heterocycles. The molecular weight excluding hydrogens is 364 g/mol. The molecule has 5 heteroatoms. The lowest BCUT2D eigenvalue weighted by Crippen LogP contribution is -2.07. The molecule has 0 radical (unpaired) electrons. The highest BCUT2D eigenvalue weighted by Gasteiger charge is 2.13. The van der Waals surface area contributed by atoms with Gasteiger partial charge < -0.3 is 5.32 Å². The van der Waals surface area contributed by atoms with Crippen molar-refractivity contribution in [2.45, 2.75) is 6.04 Å². The largest absolute Gasteiger partial charge is 0.365 e. The summed E-state index contributed by atoms with van der Waals surface area (Å²) < 4.78 is 1.98. The zero-order valence-corrected chi connectivity index (χ0v) is 12.6. The molecule has 1 heterocycles. The van der Waals surface area contributed by atoms with E-state index in [4.69, 9.17) is 0 Å². The standard InChI is InChI=1S/C12H8Br2N2S/c13-8-3-1-2-4-9(8)16-10(7-15)11-5-6-12(14)17-11/h1-6,10,16H. The quantitative estimate of drug-likeness (QED) is 0.828. The average molecular weight is 372 g/mol. The van der Waals surface area contributed by atoms with Crippen molar-refractivity contribution >= 4 is 48.9 Å². The van der Waals surface area contributed by atoms with Crippen LogP contribution in [0, 0.1) is 11.3 Å². The summed E-state index contributed by atoms with van der Waals surface area (Å²) >= 11 is 8.42. The third kappa shape index (κ3) is 3.09. The van der Waals surface area contributed by atoms with Gasteiger partial charge in [0.25, 0.3) is 0 Å². The molecule has 2 aromatic rings. The SMILES string of the molecule is N#CC(Nc1ccccc1Br)c1ccc(Br)s1. The Morgan fingerprint density at radius 2 is 1.94 bits per heavy atom. The van der Waals surface area contributed by atoms with E-state index in [0.29, 0.717) is 0 Å². The van der Waals surface area contributed by atoms with E-state index < -0.39 is 0 Å². The summed E-state index contributed by atoms with van der Waals surface area (Å²) in [7, 11) is 0. The lowest BCUT2D eigenvalue weighted by Gasteiger charge is -2.12. The number of halogens is 2. The van der Waals surface area contributed by atoms with E-state index in [-0.39, 0.29) is 6.04 Å². The van der Waals surface area contributed by atoms with E-state index in [1.54, 1.807) is 11.3 Å². The zero-order chi connectivity index (χ0) is 12.3. The van der Waals surface area contributed by atoms with Crippen molar-refractivity contribution in [3.8, 4) is 6.07 Å². The molecule has 0 bridgehead atoms. The van der Waals surface area contributed by atoms with Crippen LogP contribution in [0.2, 0.25) is 0 Å². The Balaban J connectivity index is 2.22. The second-order valence-corrected chi connectivity index (χ2v) is 6.68. The minimum absolute atomic E-state index is 0.329. The van der Waals surface area contributed by atoms with E-state index in [0.717, 1.165) is 18.8 Å². The van der Waals surface area contributed by atoms with Crippen molar-refractivity contribution in [2.24, 2.45) is 0 Å². The predicted molar refractivity (Wildman–Crippen MR) is 78.1 cm³/mol. The molecule has 0 saturated carbocycles. The van der Waals surface area contributed by atoms with Crippen LogP contribution in [-0.2, 0) is 0 Å². The summed E-state index contributed by atoms with van der Waals surface area (Å²) in [6.07, 6.45) is 0. The summed E-state index contributed by atoms with van der Waals surface area (Å²) in [5, 5.41) is 12.4. The third-order valence-corrected chi connectivity index (χ3v) is 4.56. The lowest BCUT2D eigenvalue weighted by atomic mass is 10.2. The molecule has 1 unspecified atom stereocenters. The molecule has 0 aliphatic carbocycles. The third-order valence-electron chi connectivity index (χ3n) is 2.18. The van der Waals surface area contributed by atoms with Gasteiger partial charge in [0.05, 0.1) is 9.86 Å². The van der Waals surface area contributed by atoms with Crippen LogP contribution in [0.4, 0.5) is 5.69 Å². The maximum atomic E-state index is 9.20. The molecule has 17 heavy (non-hydrogen) atoms. The van der Waals surface area contributed by atoms with Gasteiger partial charge in [-0.25, -0.2) is 0 Å². The average Bonchev–Trinajstić information content (AvgIpc) is 2.75. The number of nitriles is 1. The Bertz CT molecular complexity index is 560. The van der Waals surface area contributed by atoms with Gasteiger partial charge in [-0.2, -0.15) is 5.26 Å². The van der Waals surface area contributed by atoms with Crippen LogP contribution in [0.3, 0.4) is 0 Å². The van der Waals surface area contributed by atoms with Crippen LogP contribution >= 0.6 is 43.2 Å². The number of rotatable bonds is 3. The molecule has 0 saturated heterocycles. The molecule has 2 rings (SSSR count). The first-order valence-electron chi connectivity index (χ1n) is 4.86. The molecule has 1 aromatic carbocycles. The molecule has 0 spiro atoms. The Kier molecular flexibility index (Phi) is 4.21. The molecule has 1 aromatic heterocycles. The Hall–Kier alpha value is -0.830. The molecule has 0 aliphatic rings. The van der Waals surface area contributed by atoms with Gasteiger partial charge in [0.15, 0.2) is 0 Å². The van der Waals surface area contributed by atoms with E-state index in [1.165, 1.54) is 0 Å². The number of nitrogens with one attached hydrogen (secondary N) is 1. The van der Waals surface area contributed by atoms with Crippen LogP contribution in [0.1, 0.15) is 10.9 Å². The first kappa shape index (κ1) is 12.6. The summed E-state index contributed by atoms with van der Waals surface area (Å²) in [5.74, 6) is 0. The van der Waals surface area contributed by atoms with Crippen LogP contribution in [0.25, 0.3) is 0 Å². The van der Waals surface area contributed by atoms with Gasteiger partial charge in [0.1, 0.15) is 6.04 Å². The highest BCUT2D eigenvalue weighted by molar-refractivity contribution is 9.11. The number of hydrogen-bond donors (Lipinski definition) is 1. The maximum Gasteiger partial charge on any atom is 0.149 e. The van der Waals surface area contributed by atoms with Crippen molar-refractivity contribution in [1.82, 2.24) is 0 Å². The Morgan fingerprint density at radius 1 is 1.18 bits per heavy atom.